The normalized spacial score (nSPS) is 9.32. The molecule has 3 aromatic carbocycles. The molecule has 0 aliphatic heterocycles. The molecule has 0 heterocycles. The first-order valence-electron chi connectivity index (χ1n) is 9.46. The molecule has 150 valence electrons. The van der Waals surface area contributed by atoms with E-state index in [1.165, 1.54) is 50.1 Å². The molecular weight excluding hydrogens is 427 g/mol. The Hall–Kier alpha value is -1.72. The van der Waals surface area contributed by atoms with Crippen LogP contribution in [0.2, 0.25) is 0 Å². The third-order valence-electron chi connectivity index (χ3n) is 3.85. The molecular formula is C27H33Rh. The summed E-state index contributed by atoms with van der Waals surface area (Å²) in [6, 6.07) is 22.4. The molecule has 0 saturated carbocycles. The molecule has 0 unspecified atom stereocenters. The summed E-state index contributed by atoms with van der Waals surface area (Å²) in [5.74, 6) is 0. The fourth-order valence-electron chi connectivity index (χ4n) is 3.32. The summed E-state index contributed by atoms with van der Waals surface area (Å²) in [7, 11) is 0. The molecule has 0 atom stereocenters. The minimum atomic E-state index is 0. The monoisotopic (exact) mass is 460 g/mol. The molecule has 0 nitrogen and oxygen atoms in total. The summed E-state index contributed by atoms with van der Waals surface area (Å²) in [4.78, 5) is 0. The second-order valence-electron chi connectivity index (χ2n) is 7.57. The van der Waals surface area contributed by atoms with Crippen LogP contribution in [0, 0.1) is 80.5 Å². The number of rotatable bonds is 0. The van der Waals surface area contributed by atoms with Gasteiger partial charge in [-0.1, -0.05) is 62.3 Å². The molecule has 0 aliphatic carbocycles. The Kier molecular flexibility index (Phi) is 11.9. The molecule has 3 aromatic rings. The molecule has 0 bridgehead atoms. The van der Waals surface area contributed by atoms with E-state index in [2.05, 4.69) is 117 Å². The molecule has 0 aromatic heterocycles. The molecule has 0 fully saturated rings. The van der Waals surface area contributed by atoms with Crippen LogP contribution in [0.1, 0.15) is 50.1 Å². The predicted octanol–water partition coefficient (Wildman–Crippen LogP) is 7.23. The van der Waals surface area contributed by atoms with Gasteiger partial charge in [-0.2, -0.15) is 105 Å². The van der Waals surface area contributed by atoms with Crippen LogP contribution in [0.5, 0.6) is 0 Å². The number of benzene rings is 3. The maximum atomic E-state index is 3.21. The van der Waals surface area contributed by atoms with E-state index in [4.69, 9.17) is 0 Å². The van der Waals surface area contributed by atoms with Gasteiger partial charge in [0.1, 0.15) is 0 Å². The van der Waals surface area contributed by atoms with Crippen LogP contribution in [0.25, 0.3) is 0 Å². The molecule has 0 radical (unpaired) electrons. The van der Waals surface area contributed by atoms with Crippen LogP contribution in [-0.4, -0.2) is 0 Å². The van der Waals surface area contributed by atoms with Gasteiger partial charge < -0.3 is 0 Å². The van der Waals surface area contributed by atoms with E-state index in [0.717, 1.165) is 0 Å². The SMILES string of the molecule is Cc1[c-]c(C)cc(C)c1.Cc1[c-]c(C)cc(C)c1.Cc1[c-]c(C)cc(C)c1.[Rh+3]. The van der Waals surface area contributed by atoms with E-state index in [9.17, 15) is 0 Å². The van der Waals surface area contributed by atoms with Crippen molar-refractivity contribution in [2.45, 2.75) is 62.3 Å². The fourth-order valence-corrected chi connectivity index (χ4v) is 3.32. The third kappa shape index (κ3) is 11.2. The summed E-state index contributed by atoms with van der Waals surface area (Å²) in [6.07, 6.45) is 0. The van der Waals surface area contributed by atoms with Crippen molar-refractivity contribution in [3.63, 3.8) is 0 Å². The Labute approximate surface area is 186 Å². The zero-order valence-corrected chi connectivity index (χ0v) is 20.4. The van der Waals surface area contributed by atoms with Crippen molar-refractivity contribution in [1.82, 2.24) is 0 Å². The van der Waals surface area contributed by atoms with Gasteiger partial charge in [0, 0.05) is 0 Å². The van der Waals surface area contributed by atoms with E-state index in [1.54, 1.807) is 0 Å². The summed E-state index contributed by atoms with van der Waals surface area (Å²) < 4.78 is 0. The Balaban J connectivity index is 0.000000384. The standard InChI is InChI=1S/3C9H11.Rh/c3*1-7-4-8(2)6-9(3)5-7;/h3*4-5H,1-3H3;/q3*-1;+3. The van der Waals surface area contributed by atoms with Gasteiger partial charge in [0.25, 0.3) is 0 Å². The minimum absolute atomic E-state index is 0. The Morgan fingerprint density at radius 3 is 0.607 bits per heavy atom. The second-order valence-corrected chi connectivity index (χ2v) is 7.57. The van der Waals surface area contributed by atoms with Gasteiger partial charge in [0.2, 0.25) is 0 Å². The van der Waals surface area contributed by atoms with E-state index < -0.39 is 0 Å². The summed E-state index contributed by atoms with van der Waals surface area (Å²) in [6.45, 7) is 18.7. The van der Waals surface area contributed by atoms with E-state index in [-0.39, 0.29) is 19.5 Å². The van der Waals surface area contributed by atoms with Gasteiger partial charge in [-0.3, -0.25) is 0 Å². The average molecular weight is 460 g/mol. The number of hydrogen-bond donors (Lipinski definition) is 0. The molecule has 3 rings (SSSR count). The van der Waals surface area contributed by atoms with E-state index >= 15 is 0 Å². The van der Waals surface area contributed by atoms with Crippen LogP contribution in [0.3, 0.4) is 0 Å². The summed E-state index contributed by atoms with van der Waals surface area (Å²) in [5, 5.41) is 0. The number of aryl methyl sites for hydroxylation is 9. The molecule has 0 saturated heterocycles. The molecule has 0 amide bonds. The van der Waals surface area contributed by atoms with Crippen molar-refractivity contribution in [3.05, 3.63) is 105 Å². The Morgan fingerprint density at radius 1 is 0.357 bits per heavy atom. The van der Waals surface area contributed by atoms with E-state index in [1.807, 2.05) is 0 Å². The van der Waals surface area contributed by atoms with Crippen molar-refractivity contribution < 1.29 is 19.5 Å². The Morgan fingerprint density at radius 2 is 0.500 bits per heavy atom. The molecule has 0 N–H and O–H groups in total. The summed E-state index contributed by atoms with van der Waals surface area (Å²) in [5.41, 5.74) is 11.3. The second kappa shape index (κ2) is 12.7. The van der Waals surface area contributed by atoms with Crippen LogP contribution in [0.4, 0.5) is 0 Å². The van der Waals surface area contributed by atoms with Crippen LogP contribution >= 0.6 is 0 Å². The number of hydrogen-bond acceptors (Lipinski definition) is 0. The molecule has 0 spiro atoms. The first-order valence-corrected chi connectivity index (χ1v) is 9.46. The van der Waals surface area contributed by atoms with Crippen molar-refractivity contribution >= 4 is 0 Å². The Bertz CT molecular complexity index is 606. The van der Waals surface area contributed by atoms with Gasteiger partial charge in [-0.25, -0.2) is 0 Å². The molecule has 28 heavy (non-hydrogen) atoms. The van der Waals surface area contributed by atoms with E-state index in [0.29, 0.717) is 0 Å². The predicted molar refractivity (Wildman–Crippen MR) is 118 cm³/mol. The largest absolute Gasteiger partial charge is 3.00 e. The molecule has 1 heteroatoms. The smallest absolute Gasteiger partial charge is 0.177 e. The van der Waals surface area contributed by atoms with Crippen LogP contribution < -0.4 is 0 Å². The maximum Gasteiger partial charge on any atom is 3.00 e. The average Bonchev–Trinajstić information content (AvgIpc) is 2.43. The topological polar surface area (TPSA) is 0 Å². The van der Waals surface area contributed by atoms with Crippen LogP contribution in [-0.2, 0) is 19.5 Å². The van der Waals surface area contributed by atoms with Crippen molar-refractivity contribution in [1.29, 1.82) is 0 Å². The first kappa shape index (κ1) is 26.3. The zero-order valence-electron chi connectivity index (χ0n) is 18.8. The van der Waals surface area contributed by atoms with Gasteiger partial charge in [0.15, 0.2) is 0 Å². The van der Waals surface area contributed by atoms with Gasteiger partial charge in [-0.05, 0) is 0 Å². The van der Waals surface area contributed by atoms with Crippen molar-refractivity contribution in [3.8, 4) is 0 Å². The zero-order chi connectivity index (χ0) is 20.6. The van der Waals surface area contributed by atoms with Crippen molar-refractivity contribution in [2.75, 3.05) is 0 Å². The summed E-state index contributed by atoms with van der Waals surface area (Å²) >= 11 is 0. The van der Waals surface area contributed by atoms with Gasteiger partial charge in [0.05, 0.1) is 0 Å². The third-order valence-corrected chi connectivity index (χ3v) is 3.85. The first-order chi connectivity index (χ1) is 12.5. The fraction of sp³-hybridized carbons (Fsp3) is 0.333. The maximum absolute atomic E-state index is 3.21. The van der Waals surface area contributed by atoms with Crippen LogP contribution in [0.15, 0.2) is 36.4 Å². The van der Waals surface area contributed by atoms with Gasteiger partial charge in [-0.15, -0.1) is 0 Å². The minimum Gasteiger partial charge on any atom is -0.177 e. The quantitative estimate of drug-likeness (QED) is 0.245. The van der Waals surface area contributed by atoms with Crippen molar-refractivity contribution in [2.24, 2.45) is 0 Å². The van der Waals surface area contributed by atoms with Gasteiger partial charge >= 0.3 is 19.5 Å². The molecule has 0 aliphatic rings.